The third-order valence-corrected chi connectivity index (χ3v) is 9.18. The van der Waals surface area contributed by atoms with Gasteiger partial charge in [0.25, 0.3) is 5.91 Å². The number of anilines is 1. The van der Waals surface area contributed by atoms with Crippen molar-refractivity contribution in [1.29, 1.82) is 0 Å². The van der Waals surface area contributed by atoms with Crippen molar-refractivity contribution in [3.8, 4) is 0 Å². The second-order valence-electron chi connectivity index (χ2n) is 13.8. The number of benzene rings is 2. The number of ether oxygens (including phenoxy) is 1. The average Bonchev–Trinajstić information content (AvgIpc) is 3.69. The standard InChI is InChI=1S/C34H36F3N7O3/c1-19-38-30(40-41(19)5)23-11-22(12-23)21-7-6-8-25(13-21)44-17-27-26(31(44)45)9-20(10-28(27)34(35,36)37)14-43-16-24-15-42(18-29(24)39-43)32(46)47-33(2,3)4/h6-10,13,16,22-23H,11-12,14-15,17-18H2,1-5H3. The van der Waals surface area contributed by atoms with E-state index in [9.17, 15) is 22.8 Å². The van der Waals surface area contributed by atoms with Crippen LogP contribution in [0.5, 0.6) is 0 Å². The van der Waals surface area contributed by atoms with Gasteiger partial charge in [0.15, 0.2) is 5.82 Å². The Labute approximate surface area is 270 Å². The van der Waals surface area contributed by atoms with Crippen LogP contribution in [0.15, 0.2) is 42.6 Å². The number of fused-ring (bicyclic) bond motifs is 2. The Morgan fingerprint density at radius 2 is 1.79 bits per heavy atom. The number of carbonyl (C=O) groups is 2. The Bertz CT molecular complexity index is 1860. The van der Waals surface area contributed by atoms with Crippen LogP contribution in [0.4, 0.5) is 23.7 Å². The van der Waals surface area contributed by atoms with E-state index in [-0.39, 0.29) is 42.6 Å². The molecule has 0 saturated heterocycles. The largest absolute Gasteiger partial charge is 0.444 e. The Hall–Kier alpha value is -4.68. The Kier molecular flexibility index (Phi) is 7.21. The number of amides is 2. The first kappa shape index (κ1) is 30.9. The highest BCUT2D eigenvalue weighted by atomic mass is 19.4. The van der Waals surface area contributed by atoms with Gasteiger partial charge in [-0.3, -0.25) is 19.1 Å². The molecule has 0 radical (unpaired) electrons. The molecule has 3 aliphatic rings. The minimum atomic E-state index is -4.64. The normalized spacial score (nSPS) is 19.2. The molecule has 13 heteroatoms. The van der Waals surface area contributed by atoms with Crippen LogP contribution in [0.2, 0.25) is 0 Å². The van der Waals surface area contributed by atoms with Crippen molar-refractivity contribution in [2.45, 2.75) is 90.3 Å². The van der Waals surface area contributed by atoms with Crippen molar-refractivity contribution < 1.29 is 27.5 Å². The number of alkyl halides is 3. The summed E-state index contributed by atoms with van der Waals surface area (Å²) in [5, 5.41) is 9.04. The first-order valence-electron chi connectivity index (χ1n) is 15.7. The van der Waals surface area contributed by atoms with Gasteiger partial charge < -0.3 is 9.64 Å². The summed E-state index contributed by atoms with van der Waals surface area (Å²) < 4.78 is 52.0. The molecule has 47 heavy (non-hydrogen) atoms. The number of carbonyl (C=O) groups excluding carboxylic acids is 2. The zero-order valence-electron chi connectivity index (χ0n) is 26.9. The van der Waals surface area contributed by atoms with Crippen LogP contribution in [-0.2, 0) is 44.1 Å². The number of aromatic nitrogens is 5. The summed E-state index contributed by atoms with van der Waals surface area (Å²) in [6.45, 7) is 7.74. The topological polar surface area (TPSA) is 98.4 Å². The van der Waals surface area contributed by atoms with E-state index >= 15 is 0 Å². The minimum Gasteiger partial charge on any atom is -0.444 e. The summed E-state index contributed by atoms with van der Waals surface area (Å²) in [4.78, 5) is 33.7. The van der Waals surface area contributed by atoms with Crippen molar-refractivity contribution in [3.05, 3.63) is 93.3 Å². The van der Waals surface area contributed by atoms with Gasteiger partial charge in [0, 0.05) is 36.0 Å². The second-order valence-corrected chi connectivity index (χ2v) is 13.8. The van der Waals surface area contributed by atoms with E-state index in [1.54, 1.807) is 48.5 Å². The van der Waals surface area contributed by atoms with E-state index in [0.717, 1.165) is 41.7 Å². The Morgan fingerprint density at radius 3 is 2.45 bits per heavy atom. The smallest absolute Gasteiger partial charge is 0.416 e. The summed E-state index contributed by atoms with van der Waals surface area (Å²) in [6.07, 6.45) is -1.61. The molecule has 4 aromatic rings. The monoisotopic (exact) mass is 647 g/mol. The van der Waals surface area contributed by atoms with Gasteiger partial charge in [-0.1, -0.05) is 12.1 Å². The Morgan fingerprint density at radius 1 is 1.02 bits per heavy atom. The fourth-order valence-corrected chi connectivity index (χ4v) is 6.66. The van der Waals surface area contributed by atoms with Gasteiger partial charge in [0.1, 0.15) is 11.4 Å². The molecule has 2 aromatic carbocycles. The van der Waals surface area contributed by atoms with Gasteiger partial charge in [-0.05, 0) is 87.4 Å². The van der Waals surface area contributed by atoms with Crippen molar-refractivity contribution >= 4 is 17.7 Å². The summed E-state index contributed by atoms with van der Waals surface area (Å²) >= 11 is 0. The summed E-state index contributed by atoms with van der Waals surface area (Å²) in [6, 6.07) is 10.2. The highest BCUT2D eigenvalue weighted by Crippen LogP contribution is 2.47. The zero-order valence-corrected chi connectivity index (χ0v) is 26.9. The van der Waals surface area contributed by atoms with Crippen LogP contribution in [0.25, 0.3) is 0 Å². The molecular formula is C34H36F3N7O3. The lowest BCUT2D eigenvalue weighted by Crippen LogP contribution is -2.33. The van der Waals surface area contributed by atoms with Gasteiger partial charge in [-0.2, -0.15) is 23.4 Å². The van der Waals surface area contributed by atoms with Crippen LogP contribution >= 0.6 is 0 Å². The first-order chi connectivity index (χ1) is 22.1. The highest BCUT2D eigenvalue weighted by Gasteiger charge is 2.41. The quantitative estimate of drug-likeness (QED) is 0.247. The van der Waals surface area contributed by atoms with Crippen LogP contribution in [0.1, 0.15) is 101 Å². The predicted molar refractivity (Wildman–Crippen MR) is 166 cm³/mol. The van der Waals surface area contributed by atoms with Crippen LogP contribution < -0.4 is 4.90 Å². The SMILES string of the molecule is Cc1nc(C2CC(c3cccc(N4Cc5c(cc(Cn6cc7c(n6)CN(C(=O)OC(C)(C)C)C7)cc5C(F)(F)F)C4=O)c3)C2)nn1C. The number of hydrogen-bond donors (Lipinski definition) is 0. The van der Waals surface area contributed by atoms with Crippen molar-refractivity contribution in [1.82, 2.24) is 29.4 Å². The molecule has 1 saturated carbocycles. The lowest BCUT2D eigenvalue weighted by molar-refractivity contribution is -0.138. The van der Waals surface area contributed by atoms with Gasteiger partial charge in [-0.15, -0.1) is 0 Å². The molecule has 0 atom stereocenters. The highest BCUT2D eigenvalue weighted by molar-refractivity contribution is 6.10. The molecule has 2 amide bonds. The second kappa shape index (κ2) is 11.0. The maximum atomic E-state index is 14.4. The average molecular weight is 648 g/mol. The van der Waals surface area contributed by atoms with E-state index < -0.39 is 29.3 Å². The van der Waals surface area contributed by atoms with Gasteiger partial charge >= 0.3 is 12.3 Å². The fourth-order valence-electron chi connectivity index (χ4n) is 6.66. The Balaban J connectivity index is 1.08. The van der Waals surface area contributed by atoms with Gasteiger partial charge in [0.2, 0.25) is 0 Å². The number of nitrogens with zero attached hydrogens (tertiary/aromatic N) is 7. The molecule has 7 rings (SSSR count). The zero-order chi connectivity index (χ0) is 33.4. The molecule has 0 unspecified atom stereocenters. The lowest BCUT2D eigenvalue weighted by atomic mass is 9.71. The third-order valence-electron chi connectivity index (χ3n) is 9.18. The molecule has 0 bridgehead atoms. The first-order valence-corrected chi connectivity index (χ1v) is 15.7. The van der Waals surface area contributed by atoms with Crippen molar-refractivity contribution in [3.63, 3.8) is 0 Å². The maximum absolute atomic E-state index is 14.4. The van der Waals surface area contributed by atoms with E-state index in [0.29, 0.717) is 23.5 Å². The molecular weight excluding hydrogens is 611 g/mol. The predicted octanol–water partition coefficient (Wildman–Crippen LogP) is 6.46. The van der Waals surface area contributed by atoms with E-state index in [1.807, 2.05) is 32.2 Å². The van der Waals surface area contributed by atoms with Crippen molar-refractivity contribution in [2.24, 2.45) is 7.05 Å². The van der Waals surface area contributed by atoms with Crippen molar-refractivity contribution in [2.75, 3.05) is 4.90 Å². The van der Waals surface area contributed by atoms with Gasteiger partial charge in [0.05, 0.1) is 37.4 Å². The molecule has 4 heterocycles. The molecule has 0 spiro atoms. The molecule has 1 aliphatic carbocycles. The molecule has 2 aromatic heterocycles. The maximum Gasteiger partial charge on any atom is 0.416 e. The fraction of sp³-hybridized carbons (Fsp3) is 0.441. The van der Waals surface area contributed by atoms with Gasteiger partial charge in [-0.25, -0.2) is 9.78 Å². The van der Waals surface area contributed by atoms with Crippen LogP contribution in [-0.4, -0.2) is 47.0 Å². The molecule has 2 aliphatic heterocycles. The molecule has 10 nitrogen and oxygen atoms in total. The molecule has 1 fully saturated rings. The number of halogens is 3. The number of hydrogen-bond acceptors (Lipinski definition) is 6. The van der Waals surface area contributed by atoms with E-state index in [1.165, 1.54) is 9.80 Å². The van der Waals surface area contributed by atoms with E-state index in [4.69, 9.17) is 4.74 Å². The van der Waals surface area contributed by atoms with Crippen LogP contribution in [0, 0.1) is 6.92 Å². The van der Waals surface area contributed by atoms with E-state index in [2.05, 4.69) is 15.2 Å². The third kappa shape index (κ3) is 5.87. The summed E-state index contributed by atoms with van der Waals surface area (Å²) in [7, 11) is 1.87. The number of aryl methyl sites for hydroxylation is 2. The van der Waals surface area contributed by atoms with Crippen LogP contribution in [0.3, 0.4) is 0 Å². The minimum absolute atomic E-state index is 0.0204. The number of rotatable bonds is 5. The summed E-state index contributed by atoms with van der Waals surface area (Å²) in [5.41, 5.74) is 2.00. The lowest BCUT2D eigenvalue weighted by Gasteiger charge is -2.34. The molecule has 246 valence electrons. The summed E-state index contributed by atoms with van der Waals surface area (Å²) in [5.74, 6) is 1.75. The molecule has 0 N–H and O–H groups in total.